The number of halogens is 1. The van der Waals surface area contributed by atoms with Crippen LogP contribution in [-0.2, 0) is 9.59 Å². The van der Waals surface area contributed by atoms with Gasteiger partial charge in [0.15, 0.2) is 0 Å². The van der Waals surface area contributed by atoms with Crippen molar-refractivity contribution >= 4 is 40.8 Å². The maximum Gasteiger partial charge on any atom is 0.309 e. The molecule has 0 fully saturated rings. The van der Waals surface area contributed by atoms with Gasteiger partial charge in [-0.1, -0.05) is 11.6 Å². The van der Waals surface area contributed by atoms with E-state index in [0.29, 0.717) is 53.6 Å². The first-order chi connectivity index (χ1) is 18.6. The van der Waals surface area contributed by atoms with Gasteiger partial charge in [0, 0.05) is 35.6 Å². The number of carbonyl (C=O) groups is 3. The number of amides is 2. The molecule has 204 valence electrons. The summed E-state index contributed by atoms with van der Waals surface area (Å²) in [7, 11) is 0. The lowest BCUT2D eigenvalue weighted by Gasteiger charge is -2.35. The number of pyridine rings is 1. The highest BCUT2D eigenvalue weighted by Crippen LogP contribution is 2.36. The summed E-state index contributed by atoms with van der Waals surface area (Å²) < 4.78 is 5.70. The molecular formula is C30H32ClN3O5. The van der Waals surface area contributed by atoms with Crippen molar-refractivity contribution in [3.63, 3.8) is 0 Å². The average Bonchev–Trinajstić information content (AvgIpc) is 2.93. The number of carbonyl (C=O) groups excluding carboxylic acids is 2. The molecule has 3 aromatic rings. The Kier molecular flexibility index (Phi) is 8.55. The van der Waals surface area contributed by atoms with E-state index in [-0.39, 0.29) is 18.4 Å². The van der Waals surface area contributed by atoms with Gasteiger partial charge in [0.1, 0.15) is 5.75 Å². The van der Waals surface area contributed by atoms with E-state index in [1.54, 1.807) is 72.3 Å². The number of benzene rings is 2. The van der Waals surface area contributed by atoms with E-state index in [1.807, 2.05) is 25.1 Å². The molecular weight excluding hydrogens is 518 g/mol. The zero-order chi connectivity index (χ0) is 28.2. The van der Waals surface area contributed by atoms with Gasteiger partial charge in [-0.3, -0.25) is 19.4 Å². The van der Waals surface area contributed by atoms with Crippen LogP contribution in [0.15, 0.2) is 66.9 Å². The maximum atomic E-state index is 13.7. The number of fused-ring (bicyclic) bond motifs is 1. The number of aromatic nitrogens is 1. The number of rotatable bonds is 9. The Morgan fingerprint density at radius 3 is 2.44 bits per heavy atom. The predicted molar refractivity (Wildman–Crippen MR) is 151 cm³/mol. The standard InChI is InChI=1S/C30H32ClN3O5/c1-4-33(22-11-9-21(31)10-12-22)28(36)24-15-18-34(25-6-5-17-32-26(24)25)27(35)20-7-13-23(14-8-20)39-19-16-30(2,3)29(37)38/h5-14,17,24H,4,15-16,18-19H2,1-3H3,(H,37,38). The van der Waals surface area contributed by atoms with E-state index in [4.69, 9.17) is 16.3 Å². The van der Waals surface area contributed by atoms with Crippen LogP contribution >= 0.6 is 11.6 Å². The van der Waals surface area contributed by atoms with Crippen LogP contribution in [0.1, 0.15) is 55.6 Å². The highest BCUT2D eigenvalue weighted by atomic mass is 35.5. The number of hydrogen-bond donors (Lipinski definition) is 1. The van der Waals surface area contributed by atoms with Gasteiger partial charge in [0.25, 0.3) is 5.91 Å². The highest BCUT2D eigenvalue weighted by molar-refractivity contribution is 6.30. The van der Waals surface area contributed by atoms with Crippen LogP contribution in [-0.4, -0.2) is 47.6 Å². The zero-order valence-corrected chi connectivity index (χ0v) is 23.0. The van der Waals surface area contributed by atoms with Crippen molar-refractivity contribution in [1.82, 2.24) is 4.98 Å². The minimum atomic E-state index is -0.881. The molecule has 2 amide bonds. The molecule has 1 N–H and O–H groups in total. The smallest absolute Gasteiger partial charge is 0.309 e. The van der Waals surface area contributed by atoms with E-state index >= 15 is 0 Å². The van der Waals surface area contributed by atoms with Crippen LogP contribution in [0.4, 0.5) is 11.4 Å². The number of nitrogens with zero attached hydrogens (tertiary/aromatic N) is 3. The van der Waals surface area contributed by atoms with E-state index in [9.17, 15) is 19.5 Å². The fourth-order valence-corrected chi connectivity index (χ4v) is 4.65. The second kappa shape index (κ2) is 11.9. The van der Waals surface area contributed by atoms with Gasteiger partial charge in [0.05, 0.1) is 29.3 Å². The quantitative estimate of drug-likeness (QED) is 0.362. The number of anilines is 2. The van der Waals surface area contributed by atoms with Crippen LogP contribution in [0, 0.1) is 5.41 Å². The van der Waals surface area contributed by atoms with Crippen molar-refractivity contribution in [3.8, 4) is 5.75 Å². The van der Waals surface area contributed by atoms with Crippen LogP contribution in [0.25, 0.3) is 0 Å². The summed E-state index contributed by atoms with van der Waals surface area (Å²) >= 11 is 6.03. The third kappa shape index (κ3) is 6.23. The number of likely N-dealkylation sites (N-methyl/N-ethyl adjacent to an activating group) is 1. The van der Waals surface area contributed by atoms with Crippen LogP contribution < -0.4 is 14.5 Å². The second-order valence-corrected chi connectivity index (χ2v) is 10.5. The molecule has 1 aromatic heterocycles. The first-order valence-corrected chi connectivity index (χ1v) is 13.3. The first-order valence-electron chi connectivity index (χ1n) is 12.9. The van der Waals surface area contributed by atoms with Crippen molar-refractivity contribution in [3.05, 3.63) is 83.1 Å². The second-order valence-electron chi connectivity index (χ2n) is 10.1. The van der Waals surface area contributed by atoms with Crippen molar-refractivity contribution in [2.75, 3.05) is 29.5 Å². The lowest BCUT2D eigenvalue weighted by atomic mass is 9.90. The van der Waals surface area contributed by atoms with Gasteiger partial charge in [-0.25, -0.2) is 0 Å². The molecule has 0 bridgehead atoms. The highest BCUT2D eigenvalue weighted by Gasteiger charge is 2.36. The molecule has 0 saturated heterocycles. The lowest BCUT2D eigenvalue weighted by Crippen LogP contribution is -2.42. The molecule has 4 rings (SSSR count). The third-order valence-corrected chi connectivity index (χ3v) is 7.27. The summed E-state index contributed by atoms with van der Waals surface area (Å²) in [6.45, 7) is 6.34. The van der Waals surface area contributed by atoms with Gasteiger partial charge >= 0.3 is 5.97 Å². The van der Waals surface area contributed by atoms with E-state index in [2.05, 4.69) is 4.98 Å². The molecule has 1 aliphatic rings. The van der Waals surface area contributed by atoms with Gasteiger partial charge in [-0.15, -0.1) is 0 Å². The van der Waals surface area contributed by atoms with Crippen molar-refractivity contribution < 1.29 is 24.2 Å². The summed E-state index contributed by atoms with van der Waals surface area (Å²) in [6, 6.07) is 17.5. The minimum absolute atomic E-state index is 0.0700. The van der Waals surface area contributed by atoms with E-state index < -0.39 is 17.3 Å². The minimum Gasteiger partial charge on any atom is -0.494 e. The fraction of sp³-hybridized carbons (Fsp3) is 0.333. The topological polar surface area (TPSA) is 100 Å². The largest absolute Gasteiger partial charge is 0.494 e. The molecule has 9 heteroatoms. The number of carboxylic acid groups (broad SMARTS) is 1. The Labute approximate surface area is 233 Å². The molecule has 0 spiro atoms. The molecule has 1 atom stereocenters. The molecule has 2 aromatic carbocycles. The summed E-state index contributed by atoms with van der Waals surface area (Å²) in [4.78, 5) is 46.3. The average molecular weight is 550 g/mol. The Morgan fingerprint density at radius 1 is 1.10 bits per heavy atom. The Morgan fingerprint density at radius 2 is 1.79 bits per heavy atom. The molecule has 39 heavy (non-hydrogen) atoms. The molecule has 0 aliphatic carbocycles. The molecule has 2 heterocycles. The fourth-order valence-electron chi connectivity index (χ4n) is 4.53. The third-order valence-electron chi connectivity index (χ3n) is 7.02. The molecule has 1 unspecified atom stereocenters. The molecule has 1 aliphatic heterocycles. The number of ether oxygens (including phenoxy) is 1. The maximum absolute atomic E-state index is 13.7. The molecule has 8 nitrogen and oxygen atoms in total. The van der Waals surface area contributed by atoms with Crippen LogP contribution in [0.2, 0.25) is 5.02 Å². The van der Waals surface area contributed by atoms with Gasteiger partial charge in [-0.05, 0) is 94.3 Å². The normalized spacial score (nSPS) is 14.9. The van der Waals surface area contributed by atoms with E-state index in [1.165, 1.54) is 0 Å². The van der Waals surface area contributed by atoms with Crippen molar-refractivity contribution in [2.24, 2.45) is 5.41 Å². The first kappa shape index (κ1) is 28.1. The number of aliphatic carboxylic acids is 1. The Hall–Kier alpha value is -3.91. The lowest BCUT2D eigenvalue weighted by molar-refractivity contribution is -0.147. The number of carboxylic acids is 1. The summed E-state index contributed by atoms with van der Waals surface area (Å²) in [5, 5.41) is 9.85. The van der Waals surface area contributed by atoms with E-state index in [0.717, 1.165) is 5.69 Å². The Bertz CT molecular complexity index is 1340. The van der Waals surface area contributed by atoms with Gasteiger partial charge < -0.3 is 19.6 Å². The van der Waals surface area contributed by atoms with Crippen LogP contribution in [0.5, 0.6) is 5.75 Å². The monoisotopic (exact) mass is 549 g/mol. The summed E-state index contributed by atoms with van der Waals surface area (Å²) in [6.07, 6.45) is 2.44. The van der Waals surface area contributed by atoms with Crippen LogP contribution in [0.3, 0.4) is 0 Å². The van der Waals surface area contributed by atoms with Crippen molar-refractivity contribution in [2.45, 2.75) is 39.5 Å². The van der Waals surface area contributed by atoms with Gasteiger partial charge in [0.2, 0.25) is 5.91 Å². The molecule has 0 saturated carbocycles. The predicted octanol–water partition coefficient (Wildman–Crippen LogP) is 5.80. The van der Waals surface area contributed by atoms with Gasteiger partial charge in [-0.2, -0.15) is 0 Å². The zero-order valence-electron chi connectivity index (χ0n) is 22.3. The summed E-state index contributed by atoms with van der Waals surface area (Å²) in [5.41, 5.74) is 1.56. The van der Waals surface area contributed by atoms with Crippen molar-refractivity contribution in [1.29, 1.82) is 0 Å². The number of hydrogen-bond acceptors (Lipinski definition) is 5. The summed E-state index contributed by atoms with van der Waals surface area (Å²) in [5.74, 6) is -1.06. The Balaban J connectivity index is 1.49. The molecule has 0 radical (unpaired) electrons. The SMILES string of the molecule is CCN(C(=O)C1CCN(C(=O)c2ccc(OCCC(C)(C)C(=O)O)cc2)c2cccnc21)c1ccc(Cl)cc1.